The molecule has 0 fully saturated rings. The van der Waals surface area contributed by atoms with Gasteiger partial charge in [0.15, 0.2) is 5.76 Å². The predicted molar refractivity (Wildman–Crippen MR) is 113 cm³/mol. The average Bonchev–Trinajstić information content (AvgIpc) is 3.09. The van der Waals surface area contributed by atoms with Gasteiger partial charge in [0.1, 0.15) is 17.2 Å². The number of hydrogen-bond acceptors (Lipinski definition) is 5. The van der Waals surface area contributed by atoms with Crippen molar-refractivity contribution in [2.45, 2.75) is 0 Å². The number of ketones is 1. The molecular weight excluding hydrogens is 380 g/mol. The SMILES string of the molecule is COc1ccccc1/C=C/C=C1\Oc2cc(OC(=O)c3ccccc3)ccc2C1=O. The summed E-state index contributed by atoms with van der Waals surface area (Å²) in [6.07, 6.45) is 5.16. The van der Waals surface area contributed by atoms with Crippen LogP contribution < -0.4 is 14.2 Å². The number of allylic oxidation sites excluding steroid dienone is 3. The van der Waals surface area contributed by atoms with Crippen LogP contribution in [0.2, 0.25) is 0 Å². The van der Waals surface area contributed by atoms with Crippen molar-refractivity contribution in [3.05, 3.63) is 107 Å². The predicted octanol–water partition coefficient (Wildman–Crippen LogP) is 5.09. The van der Waals surface area contributed by atoms with Crippen LogP contribution in [0.4, 0.5) is 0 Å². The molecule has 0 amide bonds. The molecule has 5 nitrogen and oxygen atoms in total. The highest BCUT2D eigenvalue weighted by molar-refractivity contribution is 6.12. The molecule has 0 saturated carbocycles. The van der Waals surface area contributed by atoms with E-state index in [4.69, 9.17) is 14.2 Å². The van der Waals surface area contributed by atoms with Gasteiger partial charge < -0.3 is 14.2 Å². The normalized spacial score (nSPS) is 13.9. The van der Waals surface area contributed by atoms with E-state index in [1.54, 1.807) is 61.7 Å². The topological polar surface area (TPSA) is 61.8 Å². The van der Waals surface area contributed by atoms with Crippen LogP contribution >= 0.6 is 0 Å². The Hall–Kier alpha value is -4.12. The van der Waals surface area contributed by atoms with Crippen LogP contribution in [-0.4, -0.2) is 18.9 Å². The molecule has 0 aliphatic carbocycles. The second kappa shape index (κ2) is 8.49. The van der Waals surface area contributed by atoms with Crippen molar-refractivity contribution in [2.75, 3.05) is 7.11 Å². The molecule has 0 saturated heterocycles. The molecule has 5 heteroatoms. The van der Waals surface area contributed by atoms with Crippen molar-refractivity contribution in [1.82, 2.24) is 0 Å². The summed E-state index contributed by atoms with van der Waals surface area (Å²) in [5.74, 6) is 0.893. The average molecular weight is 398 g/mol. The number of carbonyl (C=O) groups excluding carboxylic acids is 2. The summed E-state index contributed by atoms with van der Waals surface area (Å²) in [6, 6.07) is 21.0. The molecule has 1 heterocycles. The van der Waals surface area contributed by atoms with Crippen molar-refractivity contribution in [3.63, 3.8) is 0 Å². The smallest absolute Gasteiger partial charge is 0.343 e. The maximum absolute atomic E-state index is 12.6. The van der Waals surface area contributed by atoms with Gasteiger partial charge in [0.2, 0.25) is 5.78 Å². The van der Waals surface area contributed by atoms with Gasteiger partial charge in [0, 0.05) is 11.6 Å². The van der Waals surface area contributed by atoms with E-state index >= 15 is 0 Å². The third-order valence-electron chi connectivity index (χ3n) is 4.52. The molecule has 1 aliphatic rings. The van der Waals surface area contributed by atoms with Gasteiger partial charge >= 0.3 is 5.97 Å². The Morgan fingerprint density at radius 2 is 1.73 bits per heavy atom. The highest BCUT2D eigenvalue weighted by atomic mass is 16.5. The van der Waals surface area contributed by atoms with Gasteiger partial charge in [-0.3, -0.25) is 4.79 Å². The minimum absolute atomic E-state index is 0.197. The maximum atomic E-state index is 12.6. The lowest BCUT2D eigenvalue weighted by Gasteiger charge is -2.05. The third kappa shape index (κ3) is 4.00. The Morgan fingerprint density at radius 3 is 2.53 bits per heavy atom. The largest absolute Gasteiger partial charge is 0.496 e. The summed E-state index contributed by atoms with van der Waals surface area (Å²) < 4.78 is 16.4. The molecule has 0 N–H and O–H groups in total. The lowest BCUT2D eigenvalue weighted by molar-refractivity contribution is 0.0734. The fraction of sp³-hybridized carbons (Fsp3) is 0.0400. The van der Waals surface area contributed by atoms with Crippen molar-refractivity contribution >= 4 is 17.8 Å². The van der Waals surface area contributed by atoms with Gasteiger partial charge in [0.05, 0.1) is 18.2 Å². The van der Waals surface area contributed by atoms with Crippen LogP contribution in [0.5, 0.6) is 17.2 Å². The number of esters is 1. The first-order valence-electron chi connectivity index (χ1n) is 9.31. The first-order chi connectivity index (χ1) is 14.7. The quantitative estimate of drug-likeness (QED) is 0.340. The van der Waals surface area contributed by atoms with E-state index < -0.39 is 5.97 Å². The Kier molecular flexibility index (Phi) is 5.44. The van der Waals surface area contributed by atoms with E-state index in [9.17, 15) is 9.59 Å². The minimum Gasteiger partial charge on any atom is -0.496 e. The van der Waals surface area contributed by atoms with Crippen molar-refractivity contribution in [1.29, 1.82) is 0 Å². The number of para-hydroxylation sites is 1. The lowest BCUT2D eigenvalue weighted by atomic mass is 10.1. The van der Waals surface area contributed by atoms with E-state index in [-0.39, 0.29) is 11.5 Å². The monoisotopic (exact) mass is 398 g/mol. The number of benzene rings is 3. The van der Waals surface area contributed by atoms with Gasteiger partial charge in [-0.15, -0.1) is 0 Å². The first kappa shape index (κ1) is 19.2. The molecule has 30 heavy (non-hydrogen) atoms. The van der Waals surface area contributed by atoms with Crippen molar-refractivity contribution < 1.29 is 23.8 Å². The molecule has 0 radical (unpaired) electrons. The maximum Gasteiger partial charge on any atom is 0.343 e. The zero-order chi connectivity index (χ0) is 20.9. The summed E-state index contributed by atoms with van der Waals surface area (Å²) >= 11 is 0. The Balaban J connectivity index is 1.49. The van der Waals surface area contributed by atoms with E-state index in [0.717, 1.165) is 11.3 Å². The van der Waals surface area contributed by atoms with Gasteiger partial charge in [0.25, 0.3) is 0 Å². The minimum atomic E-state index is -0.476. The zero-order valence-electron chi connectivity index (χ0n) is 16.2. The number of fused-ring (bicyclic) bond motifs is 1. The van der Waals surface area contributed by atoms with Crippen LogP contribution in [0.3, 0.4) is 0 Å². The van der Waals surface area contributed by atoms with Crippen LogP contribution in [-0.2, 0) is 0 Å². The molecule has 1 aliphatic heterocycles. The summed E-state index contributed by atoms with van der Waals surface area (Å²) in [5.41, 5.74) is 1.75. The summed E-state index contributed by atoms with van der Waals surface area (Å²) in [5, 5.41) is 0. The number of methoxy groups -OCH3 is 1. The van der Waals surface area contributed by atoms with Crippen molar-refractivity contribution in [3.8, 4) is 17.2 Å². The summed E-state index contributed by atoms with van der Waals surface area (Å²) in [4.78, 5) is 24.8. The molecule has 148 valence electrons. The van der Waals surface area contributed by atoms with E-state index in [2.05, 4.69) is 0 Å². The zero-order valence-corrected chi connectivity index (χ0v) is 16.2. The Bertz CT molecular complexity index is 1160. The van der Waals surface area contributed by atoms with Crippen LogP contribution in [0.1, 0.15) is 26.3 Å². The van der Waals surface area contributed by atoms with Gasteiger partial charge in [-0.25, -0.2) is 4.79 Å². The molecule has 0 aromatic heterocycles. The molecular formula is C25H18O5. The number of rotatable bonds is 5. The molecule has 0 atom stereocenters. The van der Waals surface area contributed by atoms with Crippen LogP contribution in [0.15, 0.2) is 90.7 Å². The number of Topliss-reactive ketones (excluding diaryl/α,β-unsaturated/α-hetero) is 1. The Labute approximate surface area is 173 Å². The van der Waals surface area contributed by atoms with E-state index in [1.165, 1.54) is 0 Å². The highest BCUT2D eigenvalue weighted by Crippen LogP contribution is 2.34. The van der Waals surface area contributed by atoms with Gasteiger partial charge in [-0.2, -0.15) is 0 Å². The fourth-order valence-electron chi connectivity index (χ4n) is 3.03. The summed E-state index contributed by atoms with van der Waals surface area (Å²) in [7, 11) is 1.60. The van der Waals surface area contributed by atoms with E-state index in [0.29, 0.717) is 22.6 Å². The van der Waals surface area contributed by atoms with Crippen LogP contribution in [0, 0.1) is 0 Å². The molecule has 4 rings (SSSR count). The number of ether oxygens (including phenoxy) is 3. The molecule has 0 bridgehead atoms. The second-order valence-corrected chi connectivity index (χ2v) is 6.48. The molecule has 3 aromatic carbocycles. The van der Waals surface area contributed by atoms with Gasteiger partial charge in [-0.05, 0) is 36.4 Å². The number of hydrogen-bond donors (Lipinski definition) is 0. The highest BCUT2D eigenvalue weighted by Gasteiger charge is 2.27. The molecule has 3 aromatic rings. The second-order valence-electron chi connectivity index (χ2n) is 6.48. The number of carbonyl (C=O) groups is 2. The van der Waals surface area contributed by atoms with Gasteiger partial charge in [-0.1, -0.05) is 48.6 Å². The fourth-order valence-corrected chi connectivity index (χ4v) is 3.03. The molecule has 0 unspecified atom stereocenters. The summed E-state index contributed by atoms with van der Waals surface area (Å²) in [6.45, 7) is 0. The molecule has 0 spiro atoms. The third-order valence-corrected chi connectivity index (χ3v) is 4.52. The van der Waals surface area contributed by atoms with Crippen molar-refractivity contribution in [2.24, 2.45) is 0 Å². The standard InChI is InChI=1S/C25H18O5/c1-28-21-12-6-5-8-17(21)11-7-13-22-24(26)20-15-14-19(16-23(20)30-22)29-25(27)18-9-3-2-4-10-18/h2-16H,1H3/b11-7+,22-13-. The van der Waals surface area contributed by atoms with Crippen LogP contribution in [0.25, 0.3) is 6.08 Å². The Morgan fingerprint density at radius 1 is 0.967 bits per heavy atom. The van der Waals surface area contributed by atoms with E-state index in [1.807, 2.05) is 36.4 Å². The lowest BCUT2D eigenvalue weighted by Crippen LogP contribution is -2.08. The first-order valence-corrected chi connectivity index (χ1v) is 9.31.